The van der Waals surface area contributed by atoms with Crippen molar-refractivity contribution in [2.24, 2.45) is 0 Å². The zero-order valence-electron chi connectivity index (χ0n) is 8.13. The van der Waals surface area contributed by atoms with Crippen LogP contribution >= 0.6 is 0 Å². The second-order valence-electron chi connectivity index (χ2n) is 2.96. The molecule has 1 N–H and O–H groups in total. The molecule has 2 nitrogen and oxygen atoms in total. The molecule has 0 aliphatic rings. The molecule has 13 heavy (non-hydrogen) atoms. The first kappa shape index (κ1) is 9.93. The predicted molar refractivity (Wildman–Crippen MR) is 53.8 cm³/mol. The van der Waals surface area contributed by atoms with Crippen LogP contribution in [0.1, 0.15) is 29.3 Å². The summed E-state index contributed by atoms with van der Waals surface area (Å²) < 4.78 is 0. The first-order chi connectivity index (χ1) is 6.29. The minimum atomic E-state index is 0.214. The van der Waals surface area contributed by atoms with Crippen LogP contribution in [0.15, 0.2) is 24.3 Å². The molecule has 0 unspecified atom stereocenters. The maximum Gasteiger partial charge on any atom is 0.162 e. The minimum absolute atomic E-state index is 0.214. The molecule has 1 aromatic carbocycles. The molecule has 0 bridgehead atoms. The summed E-state index contributed by atoms with van der Waals surface area (Å²) in [6.07, 6.45) is 0.570. The van der Waals surface area contributed by atoms with Gasteiger partial charge in [0, 0.05) is 18.5 Å². The van der Waals surface area contributed by atoms with E-state index in [-0.39, 0.29) is 5.78 Å². The van der Waals surface area contributed by atoms with Gasteiger partial charge in [-0.3, -0.25) is 4.79 Å². The Balaban J connectivity index is 2.97. The van der Waals surface area contributed by atoms with Crippen LogP contribution in [0.25, 0.3) is 0 Å². The second-order valence-corrected chi connectivity index (χ2v) is 2.96. The highest BCUT2D eigenvalue weighted by Gasteiger charge is 2.06. The fraction of sp³-hybridized carbons (Fsp3) is 0.364. The van der Waals surface area contributed by atoms with E-state index < -0.39 is 0 Å². The normalized spacial score (nSPS) is 10.0. The van der Waals surface area contributed by atoms with Crippen molar-refractivity contribution in [3.8, 4) is 0 Å². The van der Waals surface area contributed by atoms with Crippen LogP contribution in [0, 0.1) is 0 Å². The zero-order valence-corrected chi connectivity index (χ0v) is 8.13. The zero-order chi connectivity index (χ0) is 9.68. The van der Waals surface area contributed by atoms with Crippen molar-refractivity contribution in [2.45, 2.75) is 19.9 Å². The molecule has 0 aliphatic heterocycles. The summed E-state index contributed by atoms with van der Waals surface area (Å²) in [5.41, 5.74) is 1.93. The molecule has 0 saturated heterocycles. The predicted octanol–water partition coefficient (Wildman–Crippen LogP) is 2.00. The molecule has 1 rings (SSSR count). The summed E-state index contributed by atoms with van der Waals surface area (Å²) in [5, 5.41) is 3.05. The lowest BCUT2D eigenvalue weighted by Crippen LogP contribution is -2.10. The van der Waals surface area contributed by atoms with Crippen LogP contribution in [-0.2, 0) is 6.54 Å². The van der Waals surface area contributed by atoms with Crippen molar-refractivity contribution in [3.05, 3.63) is 35.4 Å². The van der Waals surface area contributed by atoms with Gasteiger partial charge >= 0.3 is 0 Å². The number of carbonyl (C=O) groups is 1. The van der Waals surface area contributed by atoms with Gasteiger partial charge in [-0.25, -0.2) is 0 Å². The maximum atomic E-state index is 11.5. The van der Waals surface area contributed by atoms with Crippen LogP contribution in [-0.4, -0.2) is 12.8 Å². The fourth-order valence-corrected chi connectivity index (χ4v) is 1.33. The van der Waals surface area contributed by atoms with E-state index in [0.717, 1.165) is 17.7 Å². The van der Waals surface area contributed by atoms with Crippen molar-refractivity contribution in [1.82, 2.24) is 5.32 Å². The number of rotatable bonds is 4. The van der Waals surface area contributed by atoms with Crippen LogP contribution in [0.2, 0.25) is 0 Å². The monoisotopic (exact) mass is 177 g/mol. The highest BCUT2D eigenvalue weighted by Crippen LogP contribution is 2.10. The Hall–Kier alpha value is -1.15. The summed E-state index contributed by atoms with van der Waals surface area (Å²) in [6.45, 7) is 2.64. The summed E-state index contributed by atoms with van der Waals surface area (Å²) in [4.78, 5) is 11.5. The van der Waals surface area contributed by atoms with E-state index in [1.807, 2.05) is 38.2 Å². The lowest BCUT2D eigenvalue weighted by Gasteiger charge is -2.06. The molecular formula is C11H15NO. The smallest absolute Gasteiger partial charge is 0.162 e. The first-order valence-electron chi connectivity index (χ1n) is 4.55. The molecule has 0 atom stereocenters. The largest absolute Gasteiger partial charge is 0.316 e. The lowest BCUT2D eigenvalue weighted by atomic mass is 10.0. The van der Waals surface area contributed by atoms with Crippen LogP contribution in [0.3, 0.4) is 0 Å². The van der Waals surface area contributed by atoms with E-state index in [4.69, 9.17) is 0 Å². The average molecular weight is 177 g/mol. The quantitative estimate of drug-likeness (QED) is 0.713. The first-order valence-corrected chi connectivity index (χ1v) is 4.55. The second kappa shape index (κ2) is 4.77. The average Bonchev–Trinajstić information content (AvgIpc) is 2.18. The van der Waals surface area contributed by atoms with Gasteiger partial charge in [-0.15, -0.1) is 0 Å². The minimum Gasteiger partial charge on any atom is -0.316 e. The Morgan fingerprint density at radius 1 is 1.38 bits per heavy atom. The van der Waals surface area contributed by atoms with Gasteiger partial charge in [0.15, 0.2) is 5.78 Å². The number of benzene rings is 1. The lowest BCUT2D eigenvalue weighted by molar-refractivity contribution is 0.0987. The number of Topliss-reactive ketones (excluding diaryl/α,β-unsaturated/α-hetero) is 1. The van der Waals surface area contributed by atoms with Gasteiger partial charge in [-0.1, -0.05) is 31.2 Å². The molecule has 2 heteroatoms. The van der Waals surface area contributed by atoms with E-state index in [2.05, 4.69) is 5.32 Å². The van der Waals surface area contributed by atoms with Crippen molar-refractivity contribution >= 4 is 5.78 Å². The Labute approximate surface area is 79.0 Å². The highest BCUT2D eigenvalue weighted by molar-refractivity contribution is 5.97. The van der Waals surface area contributed by atoms with Crippen molar-refractivity contribution in [3.63, 3.8) is 0 Å². The molecule has 0 amide bonds. The molecule has 0 spiro atoms. The topological polar surface area (TPSA) is 29.1 Å². The van der Waals surface area contributed by atoms with Gasteiger partial charge in [-0.2, -0.15) is 0 Å². The van der Waals surface area contributed by atoms with E-state index in [0.29, 0.717) is 6.42 Å². The third-order valence-electron chi connectivity index (χ3n) is 2.01. The van der Waals surface area contributed by atoms with Gasteiger partial charge < -0.3 is 5.32 Å². The standard InChI is InChI=1S/C11H15NO/c1-3-11(13)10-7-5-4-6-9(10)8-12-2/h4-7,12H,3,8H2,1-2H3. The Kier molecular flexibility index (Phi) is 3.65. The van der Waals surface area contributed by atoms with Crippen molar-refractivity contribution in [1.29, 1.82) is 0 Å². The third kappa shape index (κ3) is 2.39. The molecule has 0 heterocycles. The molecule has 70 valence electrons. The summed E-state index contributed by atoms with van der Waals surface area (Å²) in [7, 11) is 1.88. The van der Waals surface area contributed by atoms with Gasteiger partial charge in [-0.05, 0) is 12.6 Å². The van der Waals surface area contributed by atoms with E-state index in [1.54, 1.807) is 0 Å². The van der Waals surface area contributed by atoms with Crippen molar-refractivity contribution < 1.29 is 4.79 Å². The summed E-state index contributed by atoms with van der Waals surface area (Å²) >= 11 is 0. The van der Waals surface area contributed by atoms with Crippen molar-refractivity contribution in [2.75, 3.05) is 7.05 Å². The summed E-state index contributed by atoms with van der Waals surface area (Å²) in [6, 6.07) is 7.74. The van der Waals surface area contributed by atoms with Gasteiger partial charge in [0.2, 0.25) is 0 Å². The molecule has 0 radical (unpaired) electrons. The number of hydrogen-bond donors (Lipinski definition) is 1. The van der Waals surface area contributed by atoms with Gasteiger partial charge in [0.25, 0.3) is 0 Å². The molecule has 0 aliphatic carbocycles. The van der Waals surface area contributed by atoms with Gasteiger partial charge in [0.05, 0.1) is 0 Å². The molecule has 1 aromatic rings. The van der Waals surface area contributed by atoms with E-state index in [9.17, 15) is 4.79 Å². The Bertz CT molecular complexity index is 294. The van der Waals surface area contributed by atoms with Gasteiger partial charge in [0.1, 0.15) is 0 Å². The Morgan fingerprint density at radius 3 is 2.69 bits per heavy atom. The maximum absolute atomic E-state index is 11.5. The molecule has 0 fully saturated rings. The number of nitrogens with one attached hydrogen (secondary N) is 1. The number of carbonyl (C=O) groups excluding carboxylic acids is 1. The van der Waals surface area contributed by atoms with Crippen LogP contribution < -0.4 is 5.32 Å². The molecular weight excluding hydrogens is 162 g/mol. The van der Waals surface area contributed by atoms with Crippen LogP contribution in [0.4, 0.5) is 0 Å². The SMILES string of the molecule is CCC(=O)c1ccccc1CNC. The third-order valence-corrected chi connectivity index (χ3v) is 2.01. The molecule has 0 aromatic heterocycles. The van der Waals surface area contributed by atoms with E-state index in [1.165, 1.54) is 0 Å². The molecule has 0 saturated carbocycles. The number of ketones is 1. The van der Waals surface area contributed by atoms with E-state index >= 15 is 0 Å². The number of hydrogen-bond acceptors (Lipinski definition) is 2. The highest BCUT2D eigenvalue weighted by atomic mass is 16.1. The fourth-order valence-electron chi connectivity index (χ4n) is 1.33. The Morgan fingerprint density at radius 2 is 2.08 bits per heavy atom. The van der Waals surface area contributed by atoms with Crippen LogP contribution in [0.5, 0.6) is 0 Å². The summed E-state index contributed by atoms with van der Waals surface area (Å²) in [5.74, 6) is 0.214.